The molecule has 0 aliphatic carbocycles. The Labute approximate surface area is 344 Å². The number of carbonyl (C=O) groups is 2. The maximum Gasteiger partial charge on any atom is 0.249 e. The molecule has 8 heterocycles. The number of pyridine rings is 1. The van der Waals surface area contributed by atoms with Gasteiger partial charge in [0, 0.05) is 79.4 Å². The number of piperidine rings is 2. The van der Waals surface area contributed by atoms with Crippen molar-refractivity contribution in [2.24, 2.45) is 0 Å². The lowest BCUT2D eigenvalue weighted by Gasteiger charge is -2.43. The zero-order chi connectivity index (χ0) is 39.3. The number of hydrogen-bond donors (Lipinski definition) is 1. The number of nitrogens with zero attached hydrogens (tertiary/aromatic N) is 9. The summed E-state index contributed by atoms with van der Waals surface area (Å²) < 4.78 is 19.0. The number of halogens is 2. The molecule has 4 fully saturated rings. The monoisotopic (exact) mass is 844 g/mol. The van der Waals surface area contributed by atoms with Crippen molar-refractivity contribution in [1.82, 2.24) is 39.3 Å². The number of nitrogens with one attached hydrogen (secondary N) is 1. The fraction of sp³-hybridized carbons (Fsp3) is 0.386. The minimum Gasteiger partial charge on any atom is -0.354 e. The van der Waals surface area contributed by atoms with E-state index in [0.717, 1.165) is 128 Å². The molecule has 0 spiro atoms. The molecule has 4 aliphatic heterocycles. The number of amides is 2. The number of benzene rings is 2. The molecule has 12 nitrogen and oxygen atoms in total. The highest BCUT2D eigenvalue weighted by Crippen LogP contribution is 2.36. The van der Waals surface area contributed by atoms with Crippen LogP contribution >= 0.6 is 15.9 Å². The van der Waals surface area contributed by atoms with Crippen LogP contribution in [0, 0.1) is 5.82 Å². The van der Waals surface area contributed by atoms with Gasteiger partial charge in [0.05, 0.1) is 17.9 Å². The molecule has 2 atom stereocenters. The van der Waals surface area contributed by atoms with E-state index >= 15 is 0 Å². The fourth-order valence-electron chi connectivity index (χ4n) is 9.58. The van der Waals surface area contributed by atoms with Crippen molar-refractivity contribution in [3.63, 3.8) is 0 Å². The molecule has 6 aromatic rings. The molecule has 298 valence electrons. The number of imidazole rings is 1. The van der Waals surface area contributed by atoms with Crippen molar-refractivity contribution in [1.29, 1.82) is 0 Å². The first kappa shape index (κ1) is 37.1. The number of imide groups is 1. The molecule has 4 saturated heterocycles. The van der Waals surface area contributed by atoms with Gasteiger partial charge >= 0.3 is 0 Å². The molecular formula is C44H46BrFN10O2. The van der Waals surface area contributed by atoms with Crippen LogP contribution < -0.4 is 15.1 Å². The van der Waals surface area contributed by atoms with Gasteiger partial charge in [-0.15, -0.1) is 5.10 Å². The number of aromatic nitrogens is 5. The van der Waals surface area contributed by atoms with Crippen LogP contribution in [-0.2, 0) is 16.1 Å². The van der Waals surface area contributed by atoms with Gasteiger partial charge in [-0.1, -0.05) is 34.1 Å². The summed E-state index contributed by atoms with van der Waals surface area (Å²) in [7, 11) is 0. The van der Waals surface area contributed by atoms with E-state index in [-0.39, 0.29) is 29.7 Å². The van der Waals surface area contributed by atoms with Crippen LogP contribution in [0.15, 0.2) is 89.8 Å². The van der Waals surface area contributed by atoms with E-state index < -0.39 is 0 Å². The van der Waals surface area contributed by atoms with Crippen molar-refractivity contribution in [2.45, 2.75) is 63.2 Å². The Morgan fingerprint density at radius 3 is 2.50 bits per heavy atom. The second-order valence-corrected chi connectivity index (χ2v) is 17.0. The molecule has 58 heavy (non-hydrogen) atoms. The van der Waals surface area contributed by atoms with E-state index in [0.29, 0.717) is 18.9 Å². The number of rotatable bonds is 8. The first-order valence-corrected chi connectivity index (χ1v) is 21.3. The second kappa shape index (κ2) is 15.5. The van der Waals surface area contributed by atoms with Crippen molar-refractivity contribution in [3.8, 4) is 11.4 Å². The lowest BCUT2D eigenvalue weighted by molar-refractivity contribution is -0.135. The second-order valence-electron chi connectivity index (χ2n) is 16.2. The standard InChI is InChI=1S/C44H46BrFN10O2/c45-35-23-29(22-31-27-54(28-34(31)35)38-9-12-43(57)49-44(38)58)26-51-16-13-33(14-17-51)52-18-20-53(21-19-52)41-8-2-6-36(48-41)39-25-47-40-10-11-42(50-56(39)40)55-15-3-7-37(55)30-4-1-5-32(46)24-30/h1-2,4-6,8,10-11,22-25,27-28,33,37-38H,3,7,9,12-21,26H2,(H,49,57,58)/t37-,38?/m1/s1. The minimum atomic E-state index is -0.359. The van der Waals surface area contributed by atoms with Crippen molar-refractivity contribution < 1.29 is 14.0 Å². The average Bonchev–Trinajstić information content (AvgIpc) is 4.01. The third kappa shape index (κ3) is 7.26. The summed E-state index contributed by atoms with van der Waals surface area (Å²) in [6.45, 7) is 7.73. The quantitative estimate of drug-likeness (QED) is 0.167. The summed E-state index contributed by atoms with van der Waals surface area (Å²) in [5.74, 6) is 1.19. The number of hydrogen-bond acceptors (Lipinski definition) is 9. The Kier molecular flexibility index (Phi) is 9.94. The molecule has 1 unspecified atom stereocenters. The van der Waals surface area contributed by atoms with Gasteiger partial charge in [0.15, 0.2) is 5.65 Å². The van der Waals surface area contributed by atoms with Gasteiger partial charge in [-0.25, -0.2) is 18.9 Å². The number of fused-ring (bicyclic) bond motifs is 2. The van der Waals surface area contributed by atoms with Gasteiger partial charge in [0.2, 0.25) is 11.8 Å². The van der Waals surface area contributed by atoms with E-state index in [1.807, 2.05) is 51.9 Å². The van der Waals surface area contributed by atoms with Crippen LogP contribution in [0.1, 0.15) is 61.7 Å². The number of anilines is 2. The molecule has 4 aliphatic rings. The van der Waals surface area contributed by atoms with E-state index in [9.17, 15) is 14.0 Å². The maximum atomic E-state index is 14.1. The Bertz CT molecular complexity index is 2500. The zero-order valence-electron chi connectivity index (χ0n) is 32.3. The van der Waals surface area contributed by atoms with E-state index in [4.69, 9.17) is 10.1 Å². The molecule has 14 heteroatoms. The molecular weight excluding hydrogens is 799 g/mol. The highest BCUT2D eigenvalue weighted by Gasteiger charge is 2.31. The van der Waals surface area contributed by atoms with Crippen LogP contribution in [0.5, 0.6) is 0 Å². The Hall–Kier alpha value is -5.18. The normalized spacial score (nSPS) is 21.4. The highest BCUT2D eigenvalue weighted by atomic mass is 79.9. The zero-order valence-corrected chi connectivity index (χ0v) is 33.9. The predicted molar refractivity (Wildman–Crippen MR) is 225 cm³/mol. The third-order valence-corrected chi connectivity index (χ3v) is 13.3. The average molecular weight is 846 g/mol. The molecule has 10 rings (SSSR count). The SMILES string of the molecule is O=C1CCC(n2cc3cc(CN4CCC(N5CCN(c6cccc(-c7cnc8ccc(N9CCC[C@@H]9c9cccc(F)c9)nn78)n6)CC5)CC4)cc(Br)c3c2)C(=O)N1. The van der Waals surface area contributed by atoms with E-state index in [1.54, 1.807) is 12.1 Å². The van der Waals surface area contributed by atoms with Gasteiger partial charge in [-0.05, 0) is 105 Å². The Balaban J connectivity index is 0.756. The van der Waals surface area contributed by atoms with Gasteiger partial charge < -0.3 is 14.4 Å². The Morgan fingerprint density at radius 1 is 0.828 bits per heavy atom. The Morgan fingerprint density at radius 2 is 1.67 bits per heavy atom. The maximum absolute atomic E-state index is 14.1. The fourth-order valence-corrected chi connectivity index (χ4v) is 10.2. The van der Waals surface area contributed by atoms with Gasteiger partial charge in [0.25, 0.3) is 0 Å². The number of likely N-dealkylation sites (tertiary alicyclic amines) is 1. The summed E-state index contributed by atoms with van der Waals surface area (Å²) in [6.07, 6.45) is 11.1. The smallest absolute Gasteiger partial charge is 0.249 e. The van der Waals surface area contributed by atoms with Gasteiger partial charge in [0.1, 0.15) is 29.2 Å². The lowest BCUT2D eigenvalue weighted by atomic mass is 10.0. The molecule has 0 radical (unpaired) electrons. The van der Waals surface area contributed by atoms with E-state index in [2.05, 4.69) is 70.1 Å². The van der Waals surface area contributed by atoms with Crippen LogP contribution in [0.3, 0.4) is 0 Å². The van der Waals surface area contributed by atoms with Gasteiger partial charge in [-0.2, -0.15) is 0 Å². The van der Waals surface area contributed by atoms with Crippen LogP contribution in [-0.4, -0.2) is 97.6 Å². The number of piperazine rings is 1. The van der Waals surface area contributed by atoms with Crippen molar-refractivity contribution in [2.75, 3.05) is 55.6 Å². The largest absolute Gasteiger partial charge is 0.354 e. The molecule has 0 bridgehead atoms. The molecule has 4 aromatic heterocycles. The van der Waals surface area contributed by atoms with Crippen LogP contribution in [0.2, 0.25) is 0 Å². The summed E-state index contributed by atoms with van der Waals surface area (Å²) in [4.78, 5) is 43.9. The number of carbonyl (C=O) groups excluding carboxylic acids is 2. The first-order valence-electron chi connectivity index (χ1n) is 20.5. The van der Waals surface area contributed by atoms with Crippen LogP contribution in [0.4, 0.5) is 16.0 Å². The summed E-state index contributed by atoms with van der Waals surface area (Å²) >= 11 is 3.79. The predicted octanol–water partition coefficient (Wildman–Crippen LogP) is 6.75. The summed E-state index contributed by atoms with van der Waals surface area (Å²) in [5.41, 5.74) is 4.69. The molecule has 2 amide bonds. The minimum absolute atomic E-state index is 0.0826. The van der Waals surface area contributed by atoms with Crippen molar-refractivity contribution >= 4 is 55.8 Å². The van der Waals surface area contributed by atoms with Gasteiger partial charge in [-0.3, -0.25) is 24.7 Å². The molecule has 0 saturated carbocycles. The van der Waals surface area contributed by atoms with Crippen molar-refractivity contribution in [3.05, 3.63) is 107 Å². The topological polar surface area (TPSA) is 107 Å². The molecule has 2 aromatic carbocycles. The summed E-state index contributed by atoms with van der Waals surface area (Å²) in [5, 5.41) is 9.71. The lowest BCUT2D eigenvalue weighted by Crippen LogP contribution is -2.53. The third-order valence-electron chi connectivity index (χ3n) is 12.6. The van der Waals surface area contributed by atoms with Crippen LogP contribution in [0.25, 0.3) is 27.8 Å². The first-order chi connectivity index (χ1) is 28.3. The van der Waals surface area contributed by atoms with E-state index in [1.165, 1.54) is 11.6 Å². The molecule has 1 N–H and O–H groups in total. The summed E-state index contributed by atoms with van der Waals surface area (Å²) in [6, 6.07) is 21.9. The highest BCUT2D eigenvalue weighted by molar-refractivity contribution is 9.10.